The second-order valence-corrected chi connectivity index (χ2v) is 6.48. The van der Waals surface area contributed by atoms with Gasteiger partial charge in [0.25, 0.3) is 0 Å². The zero-order valence-corrected chi connectivity index (χ0v) is 14.1. The third-order valence-corrected chi connectivity index (χ3v) is 4.38. The van der Waals surface area contributed by atoms with Crippen molar-refractivity contribution in [1.29, 1.82) is 0 Å². The van der Waals surface area contributed by atoms with Gasteiger partial charge in [0, 0.05) is 24.2 Å². The lowest BCUT2D eigenvalue weighted by Gasteiger charge is -2.20. The van der Waals surface area contributed by atoms with Crippen LogP contribution in [0.4, 0.5) is 5.69 Å². The molecule has 0 atom stereocenters. The summed E-state index contributed by atoms with van der Waals surface area (Å²) in [6, 6.07) is 9.80. The van der Waals surface area contributed by atoms with E-state index in [4.69, 9.17) is 13.9 Å². The molecule has 1 fully saturated rings. The predicted octanol–water partition coefficient (Wildman–Crippen LogP) is 3.04. The van der Waals surface area contributed by atoms with Gasteiger partial charge in [-0.05, 0) is 37.1 Å². The van der Waals surface area contributed by atoms with Gasteiger partial charge in [0.05, 0.1) is 32.6 Å². The number of nitrogens with zero attached hydrogens (tertiary/aromatic N) is 1. The molecular weight excluding hydrogens is 320 g/mol. The molecule has 0 bridgehead atoms. The molecule has 0 unspecified atom stereocenters. The number of carbonyl (C=O) groups excluding carboxylic acids is 1. The third-order valence-electron chi connectivity index (χ3n) is 4.38. The van der Waals surface area contributed by atoms with E-state index in [0.717, 1.165) is 36.5 Å². The van der Waals surface area contributed by atoms with Gasteiger partial charge in [-0.15, -0.1) is 0 Å². The molecule has 1 aromatic heterocycles. The fourth-order valence-corrected chi connectivity index (χ4v) is 2.98. The molecule has 2 heterocycles. The lowest BCUT2D eigenvalue weighted by Crippen LogP contribution is -2.34. The summed E-state index contributed by atoms with van der Waals surface area (Å²) < 4.78 is 16.7. The van der Waals surface area contributed by atoms with E-state index in [1.165, 1.54) is 0 Å². The SMILES string of the molecule is O=C(CN(Cc1ccco1)C1CC1)Nc1ccc2c(c1)OCCCO2. The van der Waals surface area contributed by atoms with Crippen molar-refractivity contribution in [2.24, 2.45) is 0 Å². The van der Waals surface area contributed by atoms with Crippen LogP contribution in [0.25, 0.3) is 0 Å². The number of hydrogen-bond donors (Lipinski definition) is 1. The standard InChI is InChI=1S/C19H22N2O4/c22-19(13-21(15-5-6-15)12-16-3-1-8-23-16)20-14-4-7-17-18(11-14)25-10-2-9-24-17/h1,3-4,7-8,11,15H,2,5-6,9-10,12-13H2,(H,20,22). The van der Waals surface area contributed by atoms with Gasteiger partial charge in [0.1, 0.15) is 5.76 Å². The largest absolute Gasteiger partial charge is 0.490 e. The summed E-state index contributed by atoms with van der Waals surface area (Å²) in [5.41, 5.74) is 0.725. The summed E-state index contributed by atoms with van der Waals surface area (Å²) in [7, 11) is 0. The van der Waals surface area contributed by atoms with E-state index < -0.39 is 0 Å². The molecule has 1 aliphatic heterocycles. The molecule has 1 N–H and O–H groups in total. The summed E-state index contributed by atoms with van der Waals surface area (Å²) >= 11 is 0. The number of anilines is 1. The van der Waals surface area contributed by atoms with Gasteiger partial charge in [-0.2, -0.15) is 0 Å². The normalized spacial score (nSPS) is 16.5. The van der Waals surface area contributed by atoms with Crippen LogP contribution in [-0.2, 0) is 11.3 Å². The Kier molecular flexibility index (Phi) is 4.61. The Morgan fingerprint density at radius 2 is 2.00 bits per heavy atom. The van der Waals surface area contributed by atoms with Gasteiger partial charge >= 0.3 is 0 Å². The number of nitrogens with one attached hydrogen (secondary N) is 1. The summed E-state index contributed by atoms with van der Waals surface area (Å²) in [6.45, 7) is 2.29. The Labute approximate surface area is 146 Å². The fourth-order valence-electron chi connectivity index (χ4n) is 2.98. The molecule has 1 aromatic carbocycles. The van der Waals surface area contributed by atoms with Crippen molar-refractivity contribution in [3.05, 3.63) is 42.4 Å². The van der Waals surface area contributed by atoms with Crippen LogP contribution in [0.15, 0.2) is 41.0 Å². The van der Waals surface area contributed by atoms with Crippen LogP contribution in [0.2, 0.25) is 0 Å². The molecule has 0 radical (unpaired) electrons. The number of hydrogen-bond acceptors (Lipinski definition) is 5. The highest BCUT2D eigenvalue weighted by Gasteiger charge is 2.30. The van der Waals surface area contributed by atoms with Crippen LogP contribution in [0, 0.1) is 0 Å². The number of benzene rings is 1. The minimum atomic E-state index is -0.0343. The van der Waals surface area contributed by atoms with Crippen molar-refractivity contribution in [3.8, 4) is 11.5 Å². The second-order valence-electron chi connectivity index (χ2n) is 6.48. The number of ether oxygens (including phenoxy) is 2. The van der Waals surface area contributed by atoms with E-state index in [2.05, 4.69) is 10.2 Å². The summed E-state index contributed by atoms with van der Waals surface area (Å²) in [5.74, 6) is 2.26. The first-order valence-electron chi connectivity index (χ1n) is 8.74. The maximum atomic E-state index is 12.5. The van der Waals surface area contributed by atoms with Gasteiger partial charge < -0.3 is 19.2 Å². The molecule has 2 aromatic rings. The lowest BCUT2D eigenvalue weighted by atomic mass is 10.2. The second kappa shape index (κ2) is 7.19. The lowest BCUT2D eigenvalue weighted by molar-refractivity contribution is -0.117. The summed E-state index contributed by atoms with van der Waals surface area (Å²) in [5, 5.41) is 2.96. The van der Waals surface area contributed by atoms with Crippen molar-refractivity contribution in [2.45, 2.75) is 31.8 Å². The fraction of sp³-hybridized carbons (Fsp3) is 0.421. The first-order valence-corrected chi connectivity index (χ1v) is 8.74. The highest BCUT2D eigenvalue weighted by atomic mass is 16.5. The first kappa shape index (κ1) is 16.0. The maximum Gasteiger partial charge on any atom is 0.238 e. The van der Waals surface area contributed by atoms with Crippen molar-refractivity contribution in [2.75, 3.05) is 25.1 Å². The molecule has 2 aliphatic rings. The molecule has 1 aliphatic carbocycles. The molecule has 0 saturated heterocycles. The van der Waals surface area contributed by atoms with Gasteiger partial charge in [0.2, 0.25) is 5.91 Å². The van der Waals surface area contributed by atoms with Crippen molar-refractivity contribution in [3.63, 3.8) is 0 Å². The smallest absolute Gasteiger partial charge is 0.238 e. The Balaban J connectivity index is 1.38. The van der Waals surface area contributed by atoms with Crippen LogP contribution >= 0.6 is 0 Å². The molecule has 6 nitrogen and oxygen atoms in total. The minimum absolute atomic E-state index is 0.0343. The van der Waals surface area contributed by atoms with Crippen LogP contribution in [0.1, 0.15) is 25.0 Å². The van der Waals surface area contributed by atoms with Gasteiger partial charge in [-0.25, -0.2) is 0 Å². The van der Waals surface area contributed by atoms with Crippen LogP contribution < -0.4 is 14.8 Å². The highest BCUT2D eigenvalue weighted by Crippen LogP contribution is 2.32. The van der Waals surface area contributed by atoms with Crippen molar-refractivity contribution >= 4 is 11.6 Å². The molecule has 132 valence electrons. The number of furan rings is 1. The van der Waals surface area contributed by atoms with E-state index in [0.29, 0.717) is 38.1 Å². The molecule has 6 heteroatoms. The minimum Gasteiger partial charge on any atom is -0.490 e. The molecular formula is C19H22N2O4. The van der Waals surface area contributed by atoms with E-state index in [1.54, 1.807) is 6.26 Å². The van der Waals surface area contributed by atoms with Gasteiger partial charge in [0.15, 0.2) is 11.5 Å². The highest BCUT2D eigenvalue weighted by molar-refractivity contribution is 5.92. The molecule has 1 amide bonds. The van der Waals surface area contributed by atoms with Crippen molar-refractivity contribution < 1.29 is 18.7 Å². The monoisotopic (exact) mass is 342 g/mol. The average Bonchev–Trinajstić information content (AvgIpc) is 3.37. The quantitative estimate of drug-likeness (QED) is 0.874. The number of rotatable bonds is 6. The van der Waals surface area contributed by atoms with Gasteiger partial charge in [-0.1, -0.05) is 0 Å². The Bertz CT molecular complexity index is 725. The van der Waals surface area contributed by atoms with Crippen molar-refractivity contribution in [1.82, 2.24) is 4.90 Å². The van der Waals surface area contributed by atoms with E-state index in [-0.39, 0.29) is 5.91 Å². The topological polar surface area (TPSA) is 63.9 Å². The number of carbonyl (C=O) groups is 1. The third kappa shape index (κ3) is 4.14. The summed E-state index contributed by atoms with van der Waals surface area (Å²) in [6.07, 6.45) is 4.80. The molecule has 4 rings (SSSR count). The van der Waals surface area contributed by atoms with Crippen LogP contribution in [-0.4, -0.2) is 36.6 Å². The number of fused-ring (bicyclic) bond motifs is 1. The zero-order valence-electron chi connectivity index (χ0n) is 14.1. The first-order chi connectivity index (χ1) is 12.3. The Morgan fingerprint density at radius 1 is 1.16 bits per heavy atom. The average molecular weight is 342 g/mol. The summed E-state index contributed by atoms with van der Waals surface area (Å²) in [4.78, 5) is 14.6. The maximum absolute atomic E-state index is 12.5. The van der Waals surface area contributed by atoms with E-state index >= 15 is 0 Å². The molecule has 25 heavy (non-hydrogen) atoms. The van der Waals surface area contributed by atoms with E-state index in [9.17, 15) is 4.79 Å². The van der Waals surface area contributed by atoms with Crippen LogP contribution in [0.5, 0.6) is 11.5 Å². The number of amides is 1. The Morgan fingerprint density at radius 3 is 2.76 bits per heavy atom. The molecule has 0 spiro atoms. The Hall–Kier alpha value is -2.47. The van der Waals surface area contributed by atoms with E-state index in [1.807, 2.05) is 30.3 Å². The van der Waals surface area contributed by atoms with Crippen LogP contribution in [0.3, 0.4) is 0 Å². The molecule has 1 saturated carbocycles. The van der Waals surface area contributed by atoms with Gasteiger partial charge in [-0.3, -0.25) is 9.69 Å². The predicted molar refractivity (Wildman–Crippen MR) is 92.8 cm³/mol. The zero-order chi connectivity index (χ0) is 17.1.